The SMILES string of the molecule is Cc1csc(NC(=O)CSc2nc3ccccc3n2CCC(C)C)n1. The Morgan fingerprint density at radius 3 is 2.84 bits per heavy atom. The summed E-state index contributed by atoms with van der Waals surface area (Å²) in [4.78, 5) is 21.2. The van der Waals surface area contributed by atoms with Crippen LogP contribution in [0, 0.1) is 12.8 Å². The third kappa shape index (κ3) is 4.61. The van der Waals surface area contributed by atoms with Gasteiger partial charge < -0.3 is 9.88 Å². The molecule has 0 saturated heterocycles. The lowest BCUT2D eigenvalue weighted by Gasteiger charge is -2.10. The minimum atomic E-state index is -0.0539. The van der Waals surface area contributed by atoms with E-state index < -0.39 is 0 Å². The molecule has 0 aliphatic rings. The molecule has 3 aromatic rings. The molecule has 0 saturated carbocycles. The number of benzene rings is 1. The summed E-state index contributed by atoms with van der Waals surface area (Å²) in [5.41, 5.74) is 3.02. The van der Waals surface area contributed by atoms with Crippen molar-refractivity contribution >= 4 is 45.2 Å². The van der Waals surface area contributed by atoms with Gasteiger partial charge in [-0.2, -0.15) is 0 Å². The second-order valence-electron chi connectivity index (χ2n) is 6.35. The van der Waals surface area contributed by atoms with E-state index >= 15 is 0 Å². The Morgan fingerprint density at radius 1 is 1.32 bits per heavy atom. The molecule has 1 amide bonds. The summed E-state index contributed by atoms with van der Waals surface area (Å²) in [5, 5.41) is 6.32. The first-order valence-corrected chi connectivity index (χ1v) is 10.2. The van der Waals surface area contributed by atoms with Crippen LogP contribution in [0.4, 0.5) is 5.13 Å². The summed E-state index contributed by atoms with van der Waals surface area (Å²) < 4.78 is 2.22. The number of nitrogens with one attached hydrogen (secondary N) is 1. The number of rotatable bonds is 7. The summed E-state index contributed by atoms with van der Waals surface area (Å²) in [5.74, 6) is 0.890. The van der Waals surface area contributed by atoms with Crippen LogP contribution >= 0.6 is 23.1 Å². The number of carbonyl (C=O) groups excluding carboxylic acids is 1. The smallest absolute Gasteiger partial charge is 0.236 e. The number of aryl methyl sites for hydroxylation is 2. The molecular formula is C18H22N4OS2. The molecule has 0 radical (unpaired) electrons. The van der Waals surface area contributed by atoms with E-state index in [9.17, 15) is 4.79 Å². The molecule has 2 heterocycles. The molecule has 0 spiro atoms. The minimum Gasteiger partial charge on any atom is -0.319 e. The molecule has 0 bridgehead atoms. The summed E-state index contributed by atoms with van der Waals surface area (Å²) in [7, 11) is 0. The van der Waals surface area contributed by atoms with Gasteiger partial charge in [0, 0.05) is 11.9 Å². The average Bonchev–Trinajstić information content (AvgIpc) is 3.14. The van der Waals surface area contributed by atoms with Gasteiger partial charge in [0.05, 0.1) is 22.5 Å². The monoisotopic (exact) mass is 374 g/mol. The van der Waals surface area contributed by atoms with Crippen LogP contribution in [0.2, 0.25) is 0 Å². The second-order valence-corrected chi connectivity index (χ2v) is 8.15. The molecule has 132 valence electrons. The van der Waals surface area contributed by atoms with Crippen LogP contribution in [0.15, 0.2) is 34.8 Å². The van der Waals surface area contributed by atoms with Crippen molar-refractivity contribution in [3.63, 3.8) is 0 Å². The molecular weight excluding hydrogens is 352 g/mol. The number of aromatic nitrogens is 3. The Labute approximate surface area is 155 Å². The normalized spacial score (nSPS) is 11.4. The Bertz CT molecular complexity index is 869. The number of thioether (sulfide) groups is 1. The van der Waals surface area contributed by atoms with Crippen LogP contribution in [0.3, 0.4) is 0 Å². The van der Waals surface area contributed by atoms with E-state index in [-0.39, 0.29) is 5.91 Å². The number of carbonyl (C=O) groups is 1. The molecule has 2 aromatic heterocycles. The number of para-hydroxylation sites is 2. The van der Waals surface area contributed by atoms with Crippen molar-refractivity contribution in [3.8, 4) is 0 Å². The first-order valence-electron chi connectivity index (χ1n) is 8.33. The molecule has 7 heteroatoms. The topological polar surface area (TPSA) is 59.8 Å². The van der Waals surface area contributed by atoms with E-state index in [4.69, 9.17) is 4.98 Å². The van der Waals surface area contributed by atoms with Gasteiger partial charge in [0.25, 0.3) is 0 Å². The van der Waals surface area contributed by atoms with Crippen LogP contribution in [-0.4, -0.2) is 26.2 Å². The number of hydrogen-bond acceptors (Lipinski definition) is 5. The van der Waals surface area contributed by atoms with Gasteiger partial charge in [-0.25, -0.2) is 9.97 Å². The minimum absolute atomic E-state index is 0.0539. The maximum atomic E-state index is 12.2. The molecule has 1 N–H and O–H groups in total. The molecule has 5 nitrogen and oxygen atoms in total. The van der Waals surface area contributed by atoms with Crippen LogP contribution in [0.1, 0.15) is 26.0 Å². The van der Waals surface area contributed by atoms with Gasteiger partial charge in [-0.05, 0) is 31.4 Å². The van der Waals surface area contributed by atoms with Gasteiger partial charge in [0.15, 0.2) is 10.3 Å². The fourth-order valence-electron chi connectivity index (χ4n) is 2.46. The number of thiazole rings is 1. The van der Waals surface area contributed by atoms with Gasteiger partial charge in [-0.3, -0.25) is 4.79 Å². The Balaban J connectivity index is 1.71. The Kier molecular flexibility index (Phi) is 5.75. The highest BCUT2D eigenvalue weighted by molar-refractivity contribution is 7.99. The van der Waals surface area contributed by atoms with Crippen molar-refractivity contribution in [1.29, 1.82) is 0 Å². The number of fused-ring (bicyclic) bond motifs is 1. The molecule has 25 heavy (non-hydrogen) atoms. The zero-order valence-corrected chi connectivity index (χ0v) is 16.3. The van der Waals surface area contributed by atoms with Crippen LogP contribution < -0.4 is 5.32 Å². The Morgan fingerprint density at radius 2 is 2.12 bits per heavy atom. The predicted octanol–water partition coefficient (Wildman–Crippen LogP) is 4.58. The second kappa shape index (κ2) is 8.01. The largest absolute Gasteiger partial charge is 0.319 e. The lowest BCUT2D eigenvalue weighted by atomic mass is 10.1. The molecule has 0 atom stereocenters. The molecule has 0 aliphatic carbocycles. The van der Waals surface area contributed by atoms with E-state index in [0.29, 0.717) is 16.8 Å². The zero-order valence-electron chi connectivity index (χ0n) is 14.7. The van der Waals surface area contributed by atoms with Crippen molar-refractivity contribution in [2.45, 2.75) is 38.9 Å². The number of anilines is 1. The van der Waals surface area contributed by atoms with Crippen molar-refractivity contribution in [1.82, 2.24) is 14.5 Å². The van der Waals surface area contributed by atoms with Gasteiger partial charge in [-0.1, -0.05) is 37.7 Å². The molecule has 3 rings (SSSR count). The van der Waals surface area contributed by atoms with Crippen molar-refractivity contribution in [2.75, 3.05) is 11.1 Å². The first kappa shape index (κ1) is 17.9. The highest BCUT2D eigenvalue weighted by Crippen LogP contribution is 2.25. The summed E-state index contributed by atoms with van der Waals surface area (Å²) in [6, 6.07) is 8.13. The van der Waals surface area contributed by atoms with Crippen LogP contribution in [-0.2, 0) is 11.3 Å². The van der Waals surface area contributed by atoms with E-state index in [1.54, 1.807) is 0 Å². The van der Waals surface area contributed by atoms with Gasteiger partial charge in [-0.15, -0.1) is 11.3 Å². The van der Waals surface area contributed by atoms with E-state index in [0.717, 1.165) is 34.8 Å². The standard InChI is InChI=1S/C18H22N4OS2/c1-12(2)8-9-22-15-7-5-4-6-14(15)20-18(22)25-11-16(23)21-17-19-13(3)10-24-17/h4-7,10,12H,8-9,11H2,1-3H3,(H,19,21,23). The highest BCUT2D eigenvalue weighted by atomic mass is 32.2. The first-order chi connectivity index (χ1) is 12.0. The fraction of sp³-hybridized carbons (Fsp3) is 0.389. The van der Waals surface area contributed by atoms with Crippen molar-refractivity contribution in [3.05, 3.63) is 35.3 Å². The lowest BCUT2D eigenvalue weighted by Crippen LogP contribution is -2.14. The van der Waals surface area contributed by atoms with Gasteiger partial charge in [0.1, 0.15) is 0 Å². The summed E-state index contributed by atoms with van der Waals surface area (Å²) in [6.45, 7) is 7.26. The molecule has 1 aromatic carbocycles. The highest BCUT2D eigenvalue weighted by Gasteiger charge is 2.14. The average molecular weight is 375 g/mol. The molecule has 0 aliphatic heterocycles. The maximum Gasteiger partial charge on any atom is 0.236 e. The van der Waals surface area contributed by atoms with Crippen LogP contribution in [0.5, 0.6) is 0 Å². The lowest BCUT2D eigenvalue weighted by molar-refractivity contribution is -0.113. The van der Waals surface area contributed by atoms with Gasteiger partial charge >= 0.3 is 0 Å². The third-order valence-electron chi connectivity index (χ3n) is 3.75. The van der Waals surface area contributed by atoms with Crippen molar-refractivity contribution in [2.24, 2.45) is 5.92 Å². The predicted molar refractivity (Wildman–Crippen MR) is 105 cm³/mol. The molecule has 0 unspecified atom stereocenters. The number of imidazole rings is 1. The summed E-state index contributed by atoms with van der Waals surface area (Å²) >= 11 is 2.92. The van der Waals surface area contributed by atoms with Gasteiger partial charge in [0.2, 0.25) is 5.91 Å². The Hall–Kier alpha value is -1.86. The zero-order chi connectivity index (χ0) is 17.8. The number of nitrogens with zero attached hydrogens (tertiary/aromatic N) is 3. The third-order valence-corrected chi connectivity index (χ3v) is 5.60. The van der Waals surface area contributed by atoms with E-state index in [1.165, 1.54) is 23.1 Å². The van der Waals surface area contributed by atoms with Crippen LogP contribution in [0.25, 0.3) is 11.0 Å². The molecule has 0 fully saturated rings. The van der Waals surface area contributed by atoms with E-state index in [2.05, 4.69) is 34.8 Å². The fourth-order valence-corrected chi connectivity index (χ4v) is 4.01. The van der Waals surface area contributed by atoms with Crippen molar-refractivity contribution < 1.29 is 4.79 Å². The summed E-state index contributed by atoms with van der Waals surface area (Å²) in [6.07, 6.45) is 1.08. The number of hydrogen-bond donors (Lipinski definition) is 1. The van der Waals surface area contributed by atoms with E-state index in [1.807, 2.05) is 30.5 Å². The maximum absolute atomic E-state index is 12.2. The number of amides is 1. The quantitative estimate of drug-likeness (QED) is 0.615.